The molecule has 0 bridgehead atoms. The van der Waals surface area contributed by atoms with Gasteiger partial charge in [-0.15, -0.1) is 0 Å². The number of nitrogens with one attached hydrogen (secondary N) is 1. The molecule has 0 radical (unpaired) electrons. The van der Waals surface area contributed by atoms with Gasteiger partial charge < -0.3 is 10.7 Å². The Bertz CT molecular complexity index is 793. The van der Waals surface area contributed by atoms with Crippen molar-refractivity contribution in [2.24, 2.45) is 5.73 Å². The average Bonchev–Trinajstić information content (AvgIpc) is 3.15. The molecule has 0 fully saturated rings. The van der Waals surface area contributed by atoms with E-state index in [2.05, 4.69) is 4.98 Å². The Kier molecular flexibility index (Phi) is 3.65. The number of hydrogen-bond acceptors (Lipinski definition) is 2. The zero-order valence-corrected chi connectivity index (χ0v) is 13.0. The predicted molar refractivity (Wildman–Crippen MR) is 89.2 cm³/mol. The number of rotatable bonds is 3. The smallest absolute Gasteiger partial charge is 0.334 e. The van der Waals surface area contributed by atoms with Gasteiger partial charge in [0.15, 0.2) is 0 Å². The van der Waals surface area contributed by atoms with Gasteiger partial charge in [-0.3, -0.25) is 4.79 Å². The number of amides is 3. The van der Waals surface area contributed by atoms with Gasteiger partial charge in [-0.05, 0) is 37.6 Å². The molecule has 0 saturated carbocycles. The lowest BCUT2D eigenvalue weighted by molar-refractivity contribution is -0.115. The number of hydrogen-bond donors (Lipinski definition) is 2. The molecule has 1 aliphatic heterocycles. The van der Waals surface area contributed by atoms with Crippen LogP contribution in [0.1, 0.15) is 25.1 Å². The van der Waals surface area contributed by atoms with E-state index in [1.165, 1.54) is 10.0 Å². The Labute approximate surface area is 134 Å². The fourth-order valence-corrected chi connectivity index (χ4v) is 2.90. The van der Waals surface area contributed by atoms with E-state index in [9.17, 15) is 9.59 Å². The number of carbonyl (C=O) groups excluding carboxylic acids is 2. The Hall–Kier alpha value is -3.02. The third-order valence-electron chi connectivity index (χ3n) is 3.98. The fraction of sp³-hybridized carbons (Fsp3) is 0.176. The lowest BCUT2D eigenvalue weighted by Gasteiger charge is -2.29. The SMILES string of the molecule is CCN(C(N)=O)N1C(=O)/C(=C(\C)c2ccc[nH]2)c2ccccc21. The molecular formula is C17H18N4O2. The number of anilines is 1. The Morgan fingerprint density at radius 2 is 2.00 bits per heavy atom. The molecule has 0 atom stereocenters. The highest BCUT2D eigenvalue weighted by molar-refractivity contribution is 6.37. The quantitative estimate of drug-likeness (QED) is 0.854. The highest BCUT2D eigenvalue weighted by atomic mass is 16.2. The molecule has 1 aromatic carbocycles. The first kappa shape index (κ1) is 14.9. The molecule has 2 aromatic rings. The van der Waals surface area contributed by atoms with Crippen molar-refractivity contribution in [3.05, 3.63) is 53.9 Å². The van der Waals surface area contributed by atoms with Gasteiger partial charge in [0.2, 0.25) is 0 Å². The molecule has 1 aromatic heterocycles. The Morgan fingerprint density at radius 1 is 1.26 bits per heavy atom. The van der Waals surface area contributed by atoms with Gasteiger partial charge in [-0.25, -0.2) is 14.8 Å². The van der Waals surface area contributed by atoms with Crippen LogP contribution in [0.4, 0.5) is 10.5 Å². The number of para-hydroxylation sites is 1. The van der Waals surface area contributed by atoms with Gasteiger partial charge in [-0.2, -0.15) is 0 Å². The van der Waals surface area contributed by atoms with Crippen molar-refractivity contribution < 1.29 is 9.59 Å². The largest absolute Gasteiger partial charge is 0.361 e. The van der Waals surface area contributed by atoms with E-state index in [1.54, 1.807) is 6.92 Å². The fourth-order valence-electron chi connectivity index (χ4n) is 2.90. The lowest BCUT2D eigenvalue weighted by atomic mass is 10.0. The van der Waals surface area contributed by atoms with E-state index in [4.69, 9.17) is 5.73 Å². The minimum absolute atomic E-state index is 0.251. The first-order valence-corrected chi connectivity index (χ1v) is 7.41. The summed E-state index contributed by atoms with van der Waals surface area (Å²) in [5, 5.41) is 2.61. The zero-order chi connectivity index (χ0) is 16.6. The third-order valence-corrected chi connectivity index (χ3v) is 3.98. The van der Waals surface area contributed by atoms with Gasteiger partial charge in [0.25, 0.3) is 5.91 Å². The topological polar surface area (TPSA) is 82.4 Å². The molecule has 1 aliphatic rings. The Balaban J connectivity index is 2.20. The number of H-pyrrole nitrogens is 1. The summed E-state index contributed by atoms with van der Waals surface area (Å²) in [4.78, 5) is 27.8. The number of allylic oxidation sites excluding steroid dienone is 1. The van der Waals surface area contributed by atoms with Gasteiger partial charge in [0.1, 0.15) is 0 Å². The van der Waals surface area contributed by atoms with Crippen molar-refractivity contribution in [2.75, 3.05) is 11.6 Å². The number of hydrazine groups is 1. The third kappa shape index (κ3) is 2.28. The van der Waals surface area contributed by atoms with Crippen LogP contribution in [-0.2, 0) is 4.79 Å². The van der Waals surface area contributed by atoms with Crippen molar-refractivity contribution in [1.29, 1.82) is 0 Å². The van der Waals surface area contributed by atoms with Crippen LogP contribution in [0.2, 0.25) is 0 Å². The molecule has 3 amide bonds. The second kappa shape index (κ2) is 5.64. The molecule has 0 unspecified atom stereocenters. The number of fused-ring (bicyclic) bond motifs is 1. The number of nitrogens with two attached hydrogens (primary N) is 1. The molecule has 3 rings (SSSR count). The van der Waals surface area contributed by atoms with E-state index in [0.717, 1.165) is 16.8 Å². The molecule has 23 heavy (non-hydrogen) atoms. The highest BCUT2D eigenvalue weighted by Gasteiger charge is 2.38. The van der Waals surface area contributed by atoms with Crippen LogP contribution < -0.4 is 10.7 Å². The summed E-state index contributed by atoms with van der Waals surface area (Å²) in [6, 6.07) is 10.5. The summed E-state index contributed by atoms with van der Waals surface area (Å²) in [5.41, 5.74) is 9.16. The van der Waals surface area contributed by atoms with Crippen LogP contribution in [0.5, 0.6) is 0 Å². The maximum atomic E-state index is 13.0. The van der Waals surface area contributed by atoms with Crippen LogP contribution in [0.25, 0.3) is 11.1 Å². The van der Waals surface area contributed by atoms with E-state index in [0.29, 0.717) is 17.8 Å². The summed E-state index contributed by atoms with van der Waals surface area (Å²) in [5.74, 6) is -0.251. The van der Waals surface area contributed by atoms with Gasteiger partial charge >= 0.3 is 6.03 Å². The first-order chi connectivity index (χ1) is 11.1. The number of aromatic amines is 1. The number of nitrogens with zero attached hydrogens (tertiary/aromatic N) is 2. The standard InChI is InChI=1S/C17H18N4O2/c1-3-20(17(18)23)21-14-9-5-4-7-12(14)15(16(21)22)11(2)13-8-6-10-19-13/h4-10,19H,3H2,1-2H3,(H2,18,23)/b15-11+. The van der Waals surface area contributed by atoms with E-state index in [-0.39, 0.29) is 5.91 Å². The van der Waals surface area contributed by atoms with Crippen LogP contribution in [0.3, 0.4) is 0 Å². The van der Waals surface area contributed by atoms with Crippen LogP contribution in [0, 0.1) is 0 Å². The molecule has 118 valence electrons. The van der Waals surface area contributed by atoms with Crippen LogP contribution in [-0.4, -0.2) is 28.5 Å². The summed E-state index contributed by atoms with van der Waals surface area (Å²) in [6.07, 6.45) is 1.81. The number of urea groups is 1. The predicted octanol–water partition coefficient (Wildman–Crippen LogP) is 2.61. The first-order valence-electron chi connectivity index (χ1n) is 7.41. The summed E-state index contributed by atoms with van der Waals surface area (Å²) >= 11 is 0. The molecular weight excluding hydrogens is 292 g/mol. The van der Waals surface area contributed by atoms with Crippen molar-refractivity contribution in [3.8, 4) is 0 Å². The summed E-state index contributed by atoms with van der Waals surface area (Å²) in [6.45, 7) is 3.98. The lowest BCUT2D eigenvalue weighted by Crippen LogP contribution is -2.50. The van der Waals surface area contributed by atoms with Crippen molar-refractivity contribution in [2.45, 2.75) is 13.8 Å². The molecule has 0 spiro atoms. The van der Waals surface area contributed by atoms with Crippen LogP contribution in [0.15, 0.2) is 42.6 Å². The highest BCUT2D eigenvalue weighted by Crippen LogP contribution is 2.41. The molecule has 0 saturated heterocycles. The maximum Gasteiger partial charge on any atom is 0.334 e. The monoisotopic (exact) mass is 310 g/mol. The molecule has 0 aliphatic carbocycles. The minimum atomic E-state index is -0.658. The van der Waals surface area contributed by atoms with E-state index in [1.807, 2.05) is 49.5 Å². The maximum absolute atomic E-state index is 13.0. The van der Waals surface area contributed by atoms with Crippen LogP contribution >= 0.6 is 0 Å². The second-order valence-electron chi connectivity index (χ2n) is 5.27. The number of carbonyl (C=O) groups is 2. The summed E-state index contributed by atoms with van der Waals surface area (Å²) in [7, 11) is 0. The normalized spacial score (nSPS) is 15.6. The zero-order valence-electron chi connectivity index (χ0n) is 13.0. The van der Waals surface area contributed by atoms with Gasteiger partial charge in [-0.1, -0.05) is 18.2 Å². The average molecular weight is 310 g/mol. The second-order valence-corrected chi connectivity index (χ2v) is 5.27. The minimum Gasteiger partial charge on any atom is -0.361 e. The van der Waals surface area contributed by atoms with Gasteiger partial charge in [0.05, 0.1) is 11.3 Å². The molecule has 6 heteroatoms. The van der Waals surface area contributed by atoms with Gasteiger partial charge in [0, 0.05) is 24.0 Å². The van der Waals surface area contributed by atoms with E-state index >= 15 is 0 Å². The van der Waals surface area contributed by atoms with Crippen molar-refractivity contribution in [1.82, 2.24) is 9.99 Å². The number of primary amides is 1. The van der Waals surface area contributed by atoms with E-state index < -0.39 is 6.03 Å². The Morgan fingerprint density at radius 3 is 2.61 bits per heavy atom. The van der Waals surface area contributed by atoms with Crippen molar-refractivity contribution in [3.63, 3.8) is 0 Å². The number of aromatic nitrogens is 1. The van der Waals surface area contributed by atoms with Crippen molar-refractivity contribution >= 4 is 28.8 Å². The number of benzene rings is 1. The molecule has 3 N–H and O–H groups in total. The molecule has 2 heterocycles. The summed E-state index contributed by atoms with van der Waals surface area (Å²) < 4.78 is 0. The molecule has 6 nitrogen and oxygen atoms in total.